The van der Waals surface area contributed by atoms with Crippen LogP contribution in [0.15, 0.2) is 48.5 Å². The summed E-state index contributed by atoms with van der Waals surface area (Å²) in [6, 6.07) is 17.4. The molecular weight excluding hydrogens is 270 g/mol. The molecule has 0 aromatic heterocycles. The SMILES string of the molecule is Cc1ccccc1-c1cccc(CNC2CCCCC2O)c1. The molecule has 0 bridgehead atoms. The lowest BCUT2D eigenvalue weighted by atomic mass is 9.92. The number of rotatable bonds is 4. The molecule has 1 fully saturated rings. The predicted molar refractivity (Wildman–Crippen MR) is 91.7 cm³/mol. The Morgan fingerprint density at radius 3 is 2.68 bits per heavy atom. The van der Waals surface area contributed by atoms with Crippen molar-refractivity contribution < 1.29 is 5.11 Å². The summed E-state index contributed by atoms with van der Waals surface area (Å²) < 4.78 is 0. The van der Waals surface area contributed by atoms with Crippen molar-refractivity contribution in [1.82, 2.24) is 5.32 Å². The minimum atomic E-state index is -0.187. The molecule has 0 aliphatic heterocycles. The van der Waals surface area contributed by atoms with Crippen molar-refractivity contribution in [2.45, 2.75) is 51.3 Å². The lowest BCUT2D eigenvalue weighted by Gasteiger charge is -2.28. The maximum absolute atomic E-state index is 10.1. The highest BCUT2D eigenvalue weighted by Crippen LogP contribution is 2.24. The number of aryl methyl sites for hydroxylation is 1. The van der Waals surface area contributed by atoms with E-state index in [0.29, 0.717) is 0 Å². The van der Waals surface area contributed by atoms with Gasteiger partial charge in [-0.15, -0.1) is 0 Å². The zero-order valence-corrected chi connectivity index (χ0v) is 13.3. The Labute approximate surface area is 133 Å². The summed E-state index contributed by atoms with van der Waals surface area (Å²) in [4.78, 5) is 0. The van der Waals surface area contributed by atoms with Crippen LogP contribution in [0.2, 0.25) is 0 Å². The van der Waals surface area contributed by atoms with Gasteiger partial charge in [0.25, 0.3) is 0 Å². The molecule has 0 radical (unpaired) electrons. The second kappa shape index (κ2) is 7.08. The zero-order chi connectivity index (χ0) is 15.4. The summed E-state index contributed by atoms with van der Waals surface area (Å²) in [5, 5.41) is 13.6. The number of benzene rings is 2. The maximum Gasteiger partial charge on any atom is 0.0693 e. The van der Waals surface area contributed by atoms with E-state index >= 15 is 0 Å². The first-order valence-electron chi connectivity index (χ1n) is 8.30. The van der Waals surface area contributed by atoms with Gasteiger partial charge in [0, 0.05) is 12.6 Å². The van der Waals surface area contributed by atoms with E-state index in [1.807, 2.05) is 0 Å². The molecule has 0 amide bonds. The number of aliphatic hydroxyl groups excluding tert-OH is 1. The lowest BCUT2D eigenvalue weighted by Crippen LogP contribution is -2.41. The Morgan fingerprint density at radius 2 is 1.86 bits per heavy atom. The fourth-order valence-electron chi connectivity index (χ4n) is 3.34. The van der Waals surface area contributed by atoms with Gasteiger partial charge in [0.2, 0.25) is 0 Å². The predicted octanol–water partition coefficient (Wildman–Crippen LogP) is 4.06. The Balaban J connectivity index is 1.70. The van der Waals surface area contributed by atoms with E-state index < -0.39 is 0 Å². The van der Waals surface area contributed by atoms with Gasteiger partial charge in [0.05, 0.1) is 6.10 Å². The quantitative estimate of drug-likeness (QED) is 0.891. The van der Waals surface area contributed by atoms with Crippen molar-refractivity contribution in [3.8, 4) is 11.1 Å². The third kappa shape index (κ3) is 3.57. The first-order chi connectivity index (χ1) is 10.7. The molecule has 1 aliphatic rings. The maximum atomic E-state index is 10.1. The average molecular weight is 295 g/mol. The highest BCUT2D eigenvalue weighted by Gasteiger charge is 2.22. The van der Waals surface area contributed by atoms with Crippen LogP contribution in [0.3, 0.4) is 0 Å². The van der Waals surface area contributed by atoms with E-state index in [4.69, 9.17) is 0 Å². The molecule has 2 atom stereocenters. The molecule has 22 heavy (non-hydrogen) atoms. The summed E-state index contributed by atoms with van der Waals surface area (Å²) in [5.41, 5.74) is 5.14. The fraction of sp³-hybridized carbons (Fsp3) is 0.400. The van der Waals surface area contributed by atoms with E-state index in [1.165, 1.54) is 28.7 Å². The summed E-state index contributed by atoms with van der Waals surface area (Å²) >= 11 is 0. The molecule has 2 heteroatoms. The van der Waals surface area contributed by atoms with Crippen LogP contribution in [0.1, 0.15) is 36.8 Å². The molecule has 0 spiro atoms. The minimum absolute atomic E-state index is 0.187. The average Bonchev–Trinajstić information content (AvgIpc) is 2.55. The fourth-order valence-corrected chi connectivity index (χ4v) is 3.34. The van der Waals surface area contributed by atoms with E-state index in [9.17, 15) is 5.11 Å². The van der Waals surface area contributed by atoms with Crippen LogP contribution < -0.4 is 5.32 Å². The largest absolute Gasteiger partial charge is 0.392 e. The highest BCUT2D eigenvalue weighted by molar-refractivity contribution is 5.67. The molecular formula is C20H25NO. The first kappa shape index (κ1) is 15.3. The third-order valence-corrected chi connectivity index (χ3v) is 4.68. The van der Waals surface area contributed by atoms with E-state index in [1.54, 1.807) is 0 Å². The van der Waals surface area contributed by atoms with Crippen LogP contribution in [-0.2, 0) is 6.54 Å². The van der Waals surface area contributed by atoms with E-state index in [0.717, 1.165) is 25.8 Å². The van der Waals surface area contributed by atoms with Crippen molar-refractivity contribution in [3.05, 3.63) is 59.7 Å². The molecule has 2 unspecified atom stereocenters. The van der Waals surface area contributed by atoms with Gasteiger partial charge in [-0.05, 0) is 48.1 Å². The van der Waals surface area contributed by atoms with Gasteiger partial charge in [0.1, 0.15) is 0 Å². The van der Waals surface area contributed by atoms with Crippen molar-refractivity contribution in [3.63, 3.8) is 0 Å². The summed E-state index contributed by atoms with van der Waals surface area (Å²) in [6.07, 6.45) is 4.20. The van der Waals surface area contributed by atoms with Crippen LogP contribution in [0, 0.1) is 6.92 Å². The standard InChI is InChI=1S/C20H25NO/c1-15-7-2-3-10-18(15)17-9-6-8-16(13-17)14-21-19-11-4-5-12-20(19)22/h2-3,6-10,13,19-22H,4-5,11-12,14H2,1H3. The molecule has 116 valence electrons. The zero-order valence-electron chi connectivity index (χ0n) is 13.3. The van der Waals surface area contributed by atoms with Crippen LogP contribution in [0.4, 0.5) is 0 Å². The highest BCUT2D eigenvalue weighted by atomic mass is 16.3. The van der Waals surface area contributed by atoms with Crippen molar-refractivity contribution in [2.24, 2.45) is 0 Å². The molecule has 3 rings (SSSR count). The van der Waals surface area contributed by atoms with Crippen LogP contribution in [-0.4, -0.2) is 17.3 Å². The first-order valence-corrected chi connectivity index (χ1v) is 8.30. The normalized spacial score (nSPS) is 21.7. The van der Waals surface area contributed by atoms with Crippen molar-refractivity contribution in [1.29, 1.82) is 0 Å². The van der Waals surface area contributed by atoms with Gasteiger partial charge in [-0.25, -0.2) is 0 Å². The number of hydrogen-bond acceptors (Lipinski definition) is 2. The van der Waals surface area contributed by atoms with E-state index in [2.05, 4.69) is 60.8 Å². The molecule has 2 nitrogen and oxygen atoms in total. The molecule has 2 aromatic carbocycles. The molecule has 0 heterocycles. The van der Waals surface area contributed by atoms with Gasteiger partial charge < -0.3 is 10.4 Å². The van der Waals surface area contributed by atoms with Crippen LogP contribution in [0.5, 0.6) is 0 Å². The van der Waals surface area contributed by atoms with Crippen molar-refractivity contribution in [2.75, 3.05) is 0 Å². The van der Waals surface area contributed by atoms with Gasteiger partial charge >= 0.3 is 0 Å². The van der Waals surface area contributed by atoms with Gasteiger partial charge in [-0.3, -0.25) is 0 Å². The number of hydrogen-bond donors (Lipinski definition) is 2. The Bertz CT molecular complexity index is 623. The lowest BCUT2D eigenvalue weighted by molar-refractivity contribution is 0.0902. The molecule has 0 saturated heterocycles. The molecule has 2 N–H and O–H groups in total. The Morgan fingerprint density at radius 1 is 1.05 bits per heavy atom. The molecule has 1 saturated carbocycles. The summed E-state index contributed by atoms with van der Waals surface area (Å²) in [7, 11) is 0. The summed E-state index contributed by atoms with van der Waals surface area (Å²) in [5.74, 6) is 0. The van der Waals surface area contributed by atoms with Gasteiger partial charge in [0.15, 0.2) is 0 Å². The second-order valence-corrected chi connectivity index (χ2v) is 6.35. The van der Waals surface area contributed by atoms with Crippen LogP contribution in [0.25, 0.3) is 11.1 Å². The van der Waals surface area contributed by atoms with Crippen LogP contribution >= 0.6 is 0 Å². The molecule has 2 aromatic rings. The van der Waals surface area contributed by atoms with Gasteiger partial charge in [-0.1, -0.05) is 55.3 Å². The number of nitrogens with one attached hydrogen (secondary N) is 1. The minimum Gasteiger partial charge on any atom is -0.392 e. The summed E-state index contributed by atoms with van der Waals surface area (Å²) in [6.45, 7) is 2.97. The Kier molecular flexibility index (Phi) is 4.91. The third-order valence-electron chi connectivity index (χ3n) is 4.68. The van der Waals surface area contributed by atoms with Crippen molar-refractivity contribution >= 4 is 0 Å². The number of aliphatic hydroxyl groups is 1. The smallest absolute Gasteiger partial charge is 0.0693 e. The monoisotopic (exact) mass is 295 g/mol. The van der Waals surface area contributed by atoms with Gasteiger partial charge in [-0.2, -0.15) is 0 Å². The van der Waals surface area contributed by atoms with E-state index in [-0.39, 0.29) is 12.1 Å². The topological polar surface area (TPSA) is 32.3 Å². The second-order valence-electron chi connectivity index (χ2n) is 6.35. The molecule has 1 aliphatic carbocycles. The Hall–Kier alpha value is -1.64.